The molecule has 4 N–H and O–H groups in total. The predicted octanol–water partition coefficient (Wildman–Crippen LogP) is 0.828. The highest BCUT2D eigenvalue weighted by atomic mass is 16.4. The number of Topliss-reactive ketones (excluding diaryl/α,β-unsaturated/α-hetero) is 1. The molecule has 0 aromatic carbocycles. The zero-order valence-electron chi connectivity index (χ0n) is 22.8. The molecule has 0 aromatic heterocycles. The minimum absolute atomic E-state index is 0.0152. The van der Waals surface area contributed by atoms with Crippen LogP contribution in [0.25, 0.3) is 0 Å². The van der Waals surface area contributed by atoms with Crippen molar-refractivity contribution >= 4 is 41.6 Å². The zero-order chi connectivity index (χ0) is 30.1. The van der Waals surface area contributed by atoms with Gasteiger partial charge in [-0.2, -0.15) is 0 Å². The minimum atomic E-state index is -1.32. The second kappa shape index (κ2) is 11.8. The van der Waals surface area contributed by atoms with E-state index < -0.39 is 77.0 Å². The fourth-order valence-electron chi connectivity index (χ4n) is 6.19. The van der Waals surface area contributed by atoms with E-state index in [1.54, 1.807) is 20.8 Å². The summed E-state index contributed by atoms with van der Waals surface area (Å²) < 4.78 is 0. The summed E-state index contributed by atoms with van der Waals surface area (Å²) in [6.07, 6.45) is -0.962. The molecule has 3 amide bonds. The monoisotopic (exact) mass is 567 g/mol. The number of carbonyl (C=O) groups excluding carboxylic acids is 3. The number of hydrogen-bond acceptors (Lipinski definition) is 7. The molecule has 14 heteroatoms. The molecule has 1 unspecified atom stereocenters. The number of amides is 3. The molecule has 40 heavy (non-hydrogen) atoms. The third-order valence-electron chi connectivity index (χ3n) is 7.89. The number of urea groups is 1. The first-order chi connectivity index (χ1) is 18.5. The molecule has 3 heterocycles. The predicted molar refractivity (Wildman–Crippen MR) is 135 cm³/mol. The van der Waals surface area contributed by atoms with Gasteiger partial charge in [0.2, 0.25) is 5.91 Å². The zero-order valence-corrected chi connectivity index (χ0v) is 22.8. The van der Waals surface area contributed by atoms with Gasteiger partial charge in [0, 0.05) is 44.3 Å². The maximum atomic E-state index is 14.0. The Morgan fingerprint density at radius 3 is 1.32 bits per heavy atom. The van der Waals surface area contributed by atoms with Gasteiger partial charge in [-0.1, -0.05) is 20.8 Å². The van der Waals surface area contributed by atoms with Gasteiger partial charge in [-0.3, -0.25) is 24.0 Å². The smallest absolute Gasteiger partial charge is 0.326 e. The summed E-state index contributed by atoms with van der Waals surface area (Å²) in [7, 11) is 0. The standard InChI is InChI=1S/C26H37N3O11/c1-26(2,3)24(39)27-10-13(7-19(30)31)4-16(27)22(36)17-5-14(8-20(32)33)11-28(17)25(40)29-12-15(9-21(34)35)6-18(29)23(37)38/h13-18H,4-12H2,1-3H3,(H,30,31)(H,32,33)(H,34,35)(H,37,38)/t13-,14?,15-,16-,17-,18-/m0/s1. The third-order valence-corrected chi connectivity index (χ3v) is 7.89. The van der Waals surface area contributed by atoms with Crippen LogP contribution in [0.4, 0.5) is 4.79 Å². The van der Waals surface area contributed by atoms with Crippen molar-refractivity contribution < 1.29 is 54.0 Å². The van der Waals surface area contributed by atoms with E-state index in [1.807, 2.05) is 0 Å². The van der Waals surface area contributed by atoms with E-state index in [2.05, 4.69) is 0 Å². The van der Waals surface area contributed by atoms with Crippen molar-refractivity contribution in [3.8, 4) is 0 Å². The maximum absolute atomic E-state index is 14.0. The Hall–Kier alpha value is -3.71. The van der Waals surface area contributed by atoms with Crippen molar-refractivity contribution in [2.75, 3.05) is 19.6 Å². The van der Waals surface area contributed by atoms with E-state index in [-0.39, 0.29) is 64.1 Å². The molecule has 3 rings (SSSR count). The topological polar surface area (TPSA) is 210 Å². The Kier molecular flexibility index (Phi) is 9.10. The number of ketones is 1. The Morgan fingerprint density at radius 1 is 0.600 bits per heavy atom. The molecule has 0 aliphatic carbocycles. The fraction of sp³-hybridized carbons (Fsp3) is 0.731. The van der Waals surface area contributed by atoms with Crippen LogP contribution in [0, 0.1) is 23.2 Å². The number of rotatable bonds is 9. The number of carbonyl (C=O) groups is 7. The lowest BCUT2D eigenvalue weighted by atomic mass is 9.91. The van der Waals surface area contributed by atoms with Crippen LogP contribution in [-0.4, -0.2) is 114 Å². The average molecular weight is 568 g/mol. The lowest BCUT2D eigenvalue weighted by Gasteiger charge is -2.35. The van der Waals surface area contributed by atoms with Crippen LogP contribution in [0.15, 0.2) is 0 Å². The number of hydrogen-bond donors (Lipinski definition) is 4. The van der Waals surface area contributed by atoms with Crippen molar-refractivity contribution in [1.29, 1.82) is 0 Å². The first-order valence-electron chi connectivity index (χ1n) is 13.3. The number of carboxylic acid groups (broad SMARTS) is 4. The molecule has 222 valence electrons. The minimum Gasteiger partial charge on any atom is -0.481 e. The van der Waals surface area contributed by atoms with Crippen LogP contribution in [0.3, 0.4) is 0 Å². The van der Waals surface area contributed by atoms with Gasteiger partial charge in [-0.25, -0.2) is 9.59 Å². The van der Waals surface area contributed by atoms with Crippen LogP contribution in [0.2, 0.25) is 0 Å². The molecule has 14 nitrogen and oxygen atoms in total. The van der Waals surface area contributed by atoms with Gasteiger partial charge in [0.25, 0.3) is 0 Å². The molecule has 3 fully saturated rings. The molecule has 3 aliphatic rings. The van der Waals surface area contributed by atoms with E-state index in [0.29, 0.717) is 0 Å². The first-order valence-corrected chi connectivity index (χ1v) is 13.3. The SMILES string of the molecule is CC(C)(C)C(=O)N1C[C@H](CC(=O)O)C[C@H]1C(=O)[C@@H]1CC(CC(=O)O)CN1C(=O)N1C[C@H](CC(=O)O)C[C@H]1C(=O)O. The van der Waals surface area contributed by atoms with Crippen molar-refractivity contribution in [1.82, 2.24) is 14.7 Å². The van der Waals surface area contributed by atoms with Crippen molar-refractivity contribution in [3.63, 3.8) is 0 Å². The van der Waals surface area contributed by atoms with Crippen LogP contribution in [-0.2, 0) is 28.8 Å². The Labute approximate surface area is 230 Å². The van der Waals surface area contributed by atoms with Crippen LogP contribution in [0.5, 0.6) is 0 Å². The average Bonchev–Trinajstić information content (AvgIpc) is 3.53. The molecule has 6 atom stereocenters. The Bertz CT molecular complexity index is 1080. The summed E-state index contributed by atoms with van der Waals surface area (Å²) >= 11 is 0. The summed E-state index contributed by atoms with van der Waals surface area (Å²) in [6.45, 7) is 4.77. The second-order valence-electron chi connectivity index (χ2n) is 12.2. The normalized spacial score (nSPS) is 28.5. The fourth-order valence-corrected chi connectivity index (χ4v) is 6.19. The van der Waals surface area contributed by atoms with E-state index in [4.69, 9.17) is 5.11 Å². The quantitative estimate of drug-likeness (QED) is 0.306. The third kappa shape index (κ3) is 6.89. The molecule has 0 aromatic rings. The van der Waals surface area contributed by atoms with E-state index in [9.17, 15) is 48.9 Å². The molecule has 0 bridgehead atoms. The van der Waals surface area contributed by atoms with Crippen LogP contribution < -0.4 is 0 Å². The van der Waals surface area contributed by atoms with Crippen molar-refractivity contribution in [3.05, 3.63) is 0 Å². The molecular formula is C26H37N3O11. The highest BCUT2D eigenvalue weighted by molar-refractivity contribution is 5.97. The lowest BCUT2D eigenvalue weighted by molar-refractivity contribution is -0.145. The van der Waals surface area contributed by atoms with Gasteiger partial charge in [0.15, 0.2) is 5.78 Å². The van der Waals surface area contributed by atoms with Crippen molar-refractivity contribution in [2.24, 2.45) is 23.2 Å². The molecule has 0 spiro atoms. The summed E-state index contributed by atoms with van der Waals surface area (Å²) in [5, 5.41) is 37.6. The summed E-state index contributed by atoms with van der Waals surface area (Å²) in [6, 6.07) is -4.31. The van der Waals surface area contributed by atoms with Crippen LogP contribution in [0.1, 0.15) is 59.3 Å². The summed E-state index contributed by atoms with van der Waals surface area (Å²) in [4.78, 5) is 90.5. The molecule has 0 radical (unpaired) electrons. The van der Waals surface area contributed by atoms with Gasteiger partial charge < -0.3 is 35.1 Å². The molecule has 3 aliphatic heterocycles. The largest absolute Gasteiger partial charge is 0.481 e. The number of nitrogens with zero attached hydrogens (tertiary/aromatic N) is 3. The molecule has 3 saturated heterocycles. The molecular weight excluding hydrogens is 530 g/mol. The van der Waals surface area contributed by atoms with E-state index in [1.165, 1.54) is 4.90 Å². The van der Waals surface area contributed by atoms with Gasteiger partial charge in [0.05, 0.1) is 12.1 Å². The van der Waals surface area contributed by atoms with E-state index >= 15 is 0 Å². The van der Waals surface area contributed by atoms with Crippen molar-refractivity contribution in [2.45, 2.75) is 77.4 Å². The van der Waals surface area contributed by atoms with E-state index in [0.717, 1.165) is 9.80 Å². The van der Waals surface area contributed by atoms with Gasteiger partial charge >= 0.3 is 29.9 Å². The van der Waals surface area contributed by atoms with Crippen LogP contribution >= 0.6 is 0 Å². The van der Waals surface area contributed by atoms with Gasteiger partial charge in [-0.15, -0.1) is 0 Å². The highest BCUT2D eigenvalue weighted by Crippen LogP contribution is 2.37. The highest BCUT2D eigenvalue weighted by Gasteiger charge is 2.51. The summed E-state index contributed by atoms with van der Waals surface area (Å²) in [5.41, 5.74) is -0.878. The Balaban J connectivity index is 1.92. The number of likely N-dealkylation sites (tertiary alicyclic amines) is 3. The van der Waals surface area contributed by atoms with Gasteiger partial charge in [0.1, 0.15) is 6.04 Å². The summed E-state index contributed by atoms with van der Waals surface area (Å²) in [5.74, 6) is -7.28. The molecule has 0 saturated carbocycles. The lowest BCUT2D eigenvalue weighted by Crippen LogP contribution is -2.55. The Morgan fingerprint density at radius 2 is 0.950 bits per heavy atom. The first kappa shape index (κ1) is 30.8. The second-order valence-corrected chi connectivity index (χ2v) is 12.2. The van der Waals surface area contributed by atoms with Gasteiger partial charge in [-0.05, 0) is 37.0 Å². The maximum Gasteiger partial charge on any atom is 0.326 e. The number of carboxylic acids is 4. The number of aliphatic carboxylic acids is 4.